The Kier molecular flexibility index (Phi) is 4.97. The second-order valence-electron chi connectivity index (χ2n) is 9.50. The minimum Gasteiger partial charge on any atom is -0.355 e. The summed E-state index contributed by atoms with van der Waals surface area (Å²) in [5, 5.41) is 2.59. The van der Waals surface area contributed by atoms with E-state index in [9.17, 15) is 0 Å². The number of aromatic nitrogens is 1. The molecule has 1 aromatic heterocycles. The molecule has 1 heterocycles. The molecule has 5 aromatic rings. The number of benzene rings is 4. The molecule has 0 radical (unpaired) electrons. The molecule has 1 N–H and O–H groups in total. The van der Waals surface area contributed by atoms with Crippen molar-refractivity contribution >= 4 is 44.9 Å². The van der Waals surface area contributed by atoms with Crippen LogP contribution in [0.2, 0.25) is 0 Å². The summed E-state index contributed by atoms with van der Waals surface area (Å²) in [4.78, 5) is 3.77. The van der Waals surface area contributed by atoms with E-state index in [0.29, 0.717) is 0 Å². The van der Waals surface area contributed by atoms with Gasteiger partial charge in [-0.15, -0.1) is 0 Å². The van der Waals surface area contributed by atoms with Gasteiger partial charge in [0.05, 0.1) is 0 Å². The number of hydrogen-bond acceptors (Lipinski definition) is 0. The predicted molar refractivity (Wildman–Crippen MR) is 142 cm³/mol. The van der Waals surface area contributed by atoms with Gasteiger partial charge in [0, 0.05) is 21.8 Å². The number of aryl methyl sites for hydroxylation is 6. The van der Waals surface area contributed by atoms with E-state index in [1.807, 2.05) is 0 Å². The highest BCUT2D eigenvalue weighted by Gasteiger charge is 2.30. The molecule has 158 valence electrons. The molecule has 0 saturated heterocycles. The monoisotopic (exact) mass is 415 g/mol. The standard InChI is InChI=1S/C30H30BN/c1-18-14-20(3)28(21(4)15-18)31(29-22(5)16-19(2)17-23(29)6)26-12-9-11-25-24-10-7-8-13-27(24)32-30(25)26/h7-17,32H,1-6H3. The summed E-state index contributed by atoms with van der Waals surface area (Å²) in [5.74, 6) is 0. The number of rotatable bonds is 3. The van der Waals surface area contributed by atoms with Crippen molar-refractivity contribution in [2.45, 2.75) is 41.5 Å². The van der Waals surface area contributed by atoms with Crippen LogP contribution in [0.15, 0.2) is 66.7 Å². The van der Waals surface area contributed by atoms with Gasteiger partial charge in [-0.1, -0.05) is 105 Å². The maximum absolute atomic E-state index is 3.77. The molecule has 0 spiro atoms. The van der Waals surface area contributed by atoms with E-state index in [2.05, 4.69) is 113 Å². The molecule has 0 saturated carbocycles. The SMILES string of the molecule is Cc1cc(C)c(B(c2c(C)cc(C)cc2C)c2cccc3c2[nH]c2ccccc23)c(C)c1. The Bertz CT molecular complexity index is 1380. The Morgan fingerprint density at radius 3 is 1.62 bits per heavy atom. The first-order chi connectivity index (χ1) is 15.3. The van der Waals surface area contributed by atoms with Gasteiger partial charge in [0.1, 0.15) is 0 Å². The van der Waals surface area contributed by atoms with Crippen LogP contribution in [0.5, 0.6) is 0 Å². The largest absolute Gasteiger partial charge is 0.355 e. The number of hydrogen-bond donors (Lipinski definition) is 1. The Labute approximate surface area is 191 Å². The summed E-state index contributed by atoms with van der Waals surface area (Å²) in [6, 6.07) is 24.8. The van der Waals surface area contributed by atoms with Crippen LogP contribution in [0.25, 0.3) is 21.8 Å². The van der Waals surface area contributed by atoms with Gasteiger partial charge in [0.25, 0.3) is 0 Å². The molecule has 32 heavy (non-hydrogen) atoms. The number of H-pyrrole nitrogens is 1. The quantitative estimate of drug-likeness (QED) is 0.365. The molecule has 0 atom stereocenters. The third kappa shape index (κ3) is 3.26. The second kappa shape index (κ2) is 7.71. The fourth-order valence-corrected chi connectivity index (χ4v) is 5.88. The molecular formula is C30H30BN. The van der Waals surface area contributed by atoms with Crippen LogP contribution in [-0.2, 0) is 0 Å². The summed E-state index contributed by atoms with van der Waals surface area (Å²) < 4.78 is 0. The first-order valence-electron chi connectivity index (χ1n) is 11.5. The maximum atomic E-state index is 3.77. The van der Waals surface area contributed by atoms with Crippen LogP contribution in [0.4, 0.5) is 0 Å². The zero-order valence-corrected chi connectivity index (χ0v) is 19.9. The lowest BCUT2D eigenvalue weighted by Crippen LogP contribution is -2.56. The highest BCUT2D eigenvalue weighted by molar-refractivity contribution is 6.97. The van der Waals surface area contributed by atoms with Gasteiger partial charge in [-0.05, 0) is 53.1 Å². The van der Waals surface area contributed by atoms with E-state index >= 15 is 0 Å². The average Bonchev–Trinajstić information content (AvgIpc) is 3.10. The molecule has 0 aliphatic heterocycles. The third-order valence-corrected chi connectivity index (χ3v) is 6.94. The maximum Gasteiger partial charge on any atom is 0.245 e. The summed E-state index contributed by atoms with van der Waals surface area (Å²) in [7, 11) is 0. The second-order valence-corrected chi connectivity index (χ2v) is 9.50. The van der Waals surface area contributed by atoms with Crippen LogP contribution < -0.4 is 16.4 Å². The Morgan fingerprint density at radius 2 is 1.06 bits per heavy atom. The van der Waals surface area contributed by atoms with Gasteiger partial charge in [-0.2, -0.15) is 0 Å². The van der Waals surface area contributed by atoms with Crippen molar-refractivity contribution < 1.29 is 0 Å². The topological polar surface area (TPSA) is 15.8 Å². The summed E-state index contributed by atoms with van der Waals surface area (Å²) in [5.41, 5.74) is 14.7. The van der Waals surface area contributed by atoms with Gasteiger partial charge >= 0.3 is 0 Å². The van der Waals surface area contributed by atoms with E-state index in [4.69, 9.17) is 0 Å². The molecule has 5 rings (SSSR count). The molecule has 0 aliphatic rings. The van der Waals surface area contributed by atoms with E-state index in [1.54, 1.807) is 0 Å². The highest BCUT2D eigenvalue weighted by Crippen LogP contribution is 2.25. The minimum absolute atomic E-state index is 0.174. The van der Waals surface area contributed by atoms with Gasteiger partial charge < -0.3 is 4.98 Å². The van der Waals surface area contributed by atoms with E-state index in [-0.39, 0.29) is 6.71 Å². The summed E-state index contributed by atoms with van der Waals surface area (Å²) in [6.45, 7) is 13.6. The van der Waals surface area contributed by atoms with Gasteiger partial charge in [0.15, 0.2) is 0 Å². The minimum atomic E-state index is 0.174. The van der Waals surface area contributed by atoms with Crippen molar-refractivity contribution in [3.8, 4) is 0 Å². The summed E-state index contributed by atoms with van der Waals surface area (Å²) >= 11 is 0. The molecule has 0 unspecified atom stereocenters. The van der Waals surface area contributed by atoms with Crippen molar-refractivity contribution in [1.82, 2.24) is 4.98 Å². The molecule has 0 amide bonds. The number of aromatic amines is 1. The summed E-state index contributed by atoms with van der Waals surface area (Å²) in [6.07, 6.45) is 0. The van der Waals surface area contributed by atoms with Crippen LogP contribution in [0.1, 0.15) is 33.4 Å². The van der Waals surface area contributed by atoms with Crippen LogP contribution in [0.3, 0.4) is 0 Å². The van der Waals surface area contributed by atoms with Crippen molar-refractivity contribution in [1.29, 1.82) is 0 Å². The van der Waals surface area contributed by atoms with E-state index in [0.717, 1.165) is 0 Å². The lowest BCUT2D eigenvalue weighted by Gasteiger charge is -2.25. The highest BCUT2D eigenvalue weighted by atomic mass is 14.7. The van der Waals surface area contributed by atoms with E-state index in [1.165, 1.54) is 71.6 Å². The van der Waals surface area contributed by atoms with E-state index < -0.39 is 0 Å². The molecular weight excluding hydrogens is 385 g/mol. The average molecular weight is 415 g/mol. The predicted octanol–water partition coefficient (Wildman–Crippen LogP) is 5.69. The molecule has 2 heteroatoms. The molecule has 4 aromatic carbocycles. The third-order valence-electron chi connectivity index (χ3n) is 6.94. The smallest absolute Gasteiger partial charge is 0.245 e. The first kappa shape index (κ1) is 20.6. The van der Waals surface area contributed by atoms with Gasteiger partial charge in [-0.3, -0.25) is 0 Å². The molecule has 0 fully saturated rings. The van der Waals surface area contributed by atoms with Crippen molar-refractivity contribution in [2.75, 3.05) is 0 Å². The van der Waals surface area contributed by atoms with Gasteiger partial charge in [0.2, 0.25) is 6.71 Å². The lowest BCUT2D eigenvalue weighted by molar-refractivity contribution is 1.34. The number of fused-ring (bicyclic) bond motifs is 3. The van der Waals surface area contributed by atoms with Gasteiger partial charge in [-0.25, -0.2) is 0 Å². The fourth-order valence-electron chi connectivity index (χ4n) is 5.88. The molecule has 1 nitrogen and oxygen atoms in total. The van der Waals surface area contributed by atoms with Crippen LogP contribution in [-0.4, -0.2) is 11.7 Å². The number of nitrogens with one attached hydrogen (secondary N) is 1. The Hall–Kier alpha value is -3.26. The van der Waals surface area contributed by atoms with Crippen molar-refractivity contribution in [2.24, 2.45) is 0 Å². The zero-order chi connectivity index (χ0) is 22.6. The molecule has 0 bridgehead atoms. The normalized spacial score (nSPS) is 11.4. The zero-order valence-electron chi connectivity index (χ0n) is 19.9. The van der Waals surface area contributed by atoms with Crippen molar-refractivity contribution in [3.63, 3.8) is 0 Å². The first-order valence-corrected chi connectivity index (χ1v) is 11.5. The van der Waals surface area contributed by atoms with Crippen LogP contribution >= 0.6 is 0 Å². The number of para-hydroxylation sites is 2. The fraction of sp³-hybridized carbons (Fsp3) is 0.200. The molecule has 0 aliphatic carbocycles. The Morgan fingerprint density at radius 1 is 0.562 bits per heavy atom. The lowest BCUT2D eigenvalue weighted by atomic mass is 9.34. The Balaban J connectivity index is 1.91. The van der Waals surface area contributed by atoms with Crippen LogP contribution in [0, 0.1) is 41.5 Å². The van der Waals surface area contributed by atoms with Crippen molar-refractivity contribution in [3.05, 3.63) is 100 Å².